The first-order valence-corrected chi connectivity index (χ1v) is 16.9. The third-order valence-electron chi connectivity index (χ3n) is 9.24. The fraction of sp³-hybridized carbons (Fsp3) is 0.217. The van der Waals surface area contributed by atoms with E-state index in [0.717, 1.165) is 23.5 Å². The molecule has 1 heteroatoms. The monoisotopic (exact) mass is 613 g/mol. The van der Waals surface area contributed by atoms with E-state index in [1.807, 2.05) is 0 Å². The van der Waals surface area contributed by atoms with Crippen LogP contribution in [0.25, 0.3) is 33.4 Å². The highest BCUT2D eigenvalue weighted by Crippen LogP contribution is 2.38. The van der Waals surface area contributed by atoms with Gasteiger partial charge in [-0.2, -0.15) is 0 Å². The zero-order valence-electron chi connectivity index (χ0n) is 29.0. The van der Waals surface area contributed by atoms with Gasteiger partial charge in [-0.3, -0.25) is 0 Å². The molecule has 0 atom stereocenters. The second kappa shape index (κ2) is 13.1. The Bertz CT molecular complexity index is 1790. The number of aryl methyl sites for hydroxylation is 1. The minimum Gasteiger partial charge on any atom is -0.311 e. The van der Waals surface area contributed by atoms with Crippen LogP contribution in [0.15, 0.2) is 146 Å². The molecule has 0 fully saturated rings. The van der Waals surface area contributed by atoms with Crippen LogP contribution in [-0.2, 0) is 17.3 Å². The second-order valence-corrected chi connectivity index (χ2v) is 14.7. The predicted octanol–water partition coefficient (Wildman–Crippen LogP) is 13.3. The molecule has 0 aliphatic rings. The Balaban J connectivity index is 1.34. The molecular formula is C46H47N. The lowest BCUT2D eigenvalue weighted by Crippen LogP contribution is -2.10. The number of anilines is 3. The first-order valence-electron chi connectivity index (χ1n) is 16.9. The van der Waals surface area contributed by atoms with Gasteiger partial charge in [-0.1, -0.05) is 158 Å². The van der Waals surface area contributed by atoms with E-state index in [1.54, 1.807) is 0 Å². The Morgan fingerprint density at radius 2 is 0.574 bits per heavy atom. The fourth-order valence-corrected chi connectivity index (χ4v) is 6.11. The third-order valence-corrected chi connectivity index (χ3v) is 9.24. The number of hydrogen-bond donors (Lipinski definition) is 0. The molecule has 6 aromatic rings. The normalized spacial score (nSPS) is 11.8. The molecule has 0 saturated carbocycles. The summed E-state index contributed by atoms with van der Waals surface area (Å²) in [6.07, 6.45) is 1.05. The minimum atomic E-state index is 0.142. The Hall–Kier alpha value is -4.88. The Kier molecular flexibility index (Phi) is 8.93. The molecule has 0 unspecified atom stereocenters. The minimum absolute atomic E-state index is 0.142. The molecule has 0 saturated heterocycles. The largest absolute Gasteiger partial charge is 0.311 e. The summed E-state index contributed by atoms with van der Waals surface area (Å²) in [6.45, 7) is 15.8. The van der Waals surface area contributed by atoms with E-state index < -0.39 is 0 Å². The van der Waals surface area contributed by atoms with Crippen LogP contribution >= 0.6 is 0 Å². The van der Waals surface area contributed by atoms with E-state index in [2.05, 4.69) is 199 Å². The van der Waals surface area contributed by atoms with Gasteiger partial charge in [0.2, 0.25) is 0 Å². The zero-order valence-corrected chi connectivity index (χ0v) is 29.0. The molecule has 0 aliphatic carbocycles. The zero-order chi connectivity index (χ0) is 33.2. The van der Waals surface area contributed by atoms with Crippen LogP contribution in [0.1, 0.15) is 65.2 Å². The van der Waals surface area contributed by atoms with Crippen molar-refractivity contribution in [2.75, 3.05) is 4.90 Å². The van der Waals surface area contributed by atoms with E-state index >= 15 is 0 Å². The van der Waals surface area contributed by atoms with Crippen molar-refractivity contribution in [2.24, 2.45) is 0 Å². The van der Waals surface area contributed by atoms with Gasteiger partial charge in [-0.05, 0) is 104 Å². The molecule has 0 radical (unpaired) electrons. The maximum absolute atomic E-state index is 2.35. The SMILES string of the molecule is CCc1ccc(-c2ccc(N(c3ccc(-c4ccc(C(C)(C)C)cc4)cc3)c3ccc(-c4ccc(C(C)(C)C)cc4)cc3)cc2)cc1. The lowest BCUT2D eigenvalue weighted by atomic mass is 9.86. The highest BCUT2D eigenvalue weighted by Gasteiger charge is 2.16. The van der Waals surface area contributed by atoms with E-state index in [4.69, 9.17) is 0 Å². The van der Waals surface area contributed by atoms with Crippen LogP contribution < -0.4 is 4.90 Å². The molecule has 6 aromatic carbocycles. The van der Waals surface area contributed by atoms with Crippen molar-refractivity contribution in [1.29, 1.82) is 0 Å². The summed E-state index contributed by atoms with van der Waals surface area (Å²) in [5.41, 5.74) is 15.1. The first-order chi connectivity index (χ1) is 22.5. The molecule has 0 N–H and O–H groups in total. The topological polar surface area (TPSA) is 3.24 Å². The summed E-state index contributed by atoms with van der Waals surface area (Å²) in [5.74, 6) is 0. The van der Waals surface area contributed by atoms with Crippen molar-refractivity contribution in [3.05, 3.63) is 162 Å². The average Bonchev–Trinajstić information content (AvgIpc) is 3.09. The Morgan fingerprint density at radius 1 is 0.340 bits per heavy atom. The van der Waals surface area contributed by atoms with Crippen LogP contribution in [0.3, 0.4) is 0 Å². The summed E-state index contributed by atoms with van der Waals surface area (Å²) in [5, 5.41) is 0. The standard InChI is InChI=1S/C46H47N/c1-8-33-9-11-34(12-10-33)37-17-27-42(28-18-37)47(43-29-19-38(20-30-43)35-13-23-40(24-14-35)45(2,3)4)44-31-21-39(22-32-44)36-15-25-41(26-16-36)46(5,6)7/h9-32H,8H2,1-7H3. The lowest BCUT2D eigenvalue weighted by Gasteiger charge is -2.26. The molecule has 6 rings (SSSR count). The number of benzene rings is 6. The average molecular weight is 614 g/mol. The van der Waals surface area contributed by atoms with Crippen LogP contribution in [0.5, 0.6) is 0 Å². The second-order valence-electron chi connectivity index (χ2n) is 14.7. The Morgan fingerprint density at radius 3 is 0.809 bits per heavy atom. The van der Waals surface area contributed by atoms with Gasteiger partial charge >= 0.3 is 0 Å². The van der Waals surface area contributed by atoms with Gasteiger partial charge in [0, 0.05) is 17.1 Å². The number of nitrogens with zero attached hydrogens (tertiary/aromatic N) is 1. The van der Waals surface area contributed by atoms with Crippen molar-refractivity contribution in [3.8, 4) is 33.4 Å². The van der Waals surface area contributed by atoms with Gasteiger partial charge in [0.1, 0.15) is 0 Å². The molecule has 0 amide bonds. The molecule has 0 aliphatic heterocycles. The van der Waals surface area contributed by atoms with Gasteiger partial charge in [0.05, 0.1) is 0 Å². The van der Waals surface area contributed by atoms with E-state index in [9.17, 15) is 0 Å². The smallest absolute Gasteiger partial charge is 0.0462 e. The van der Waals surface area contributed by atoms with Gasteiger partial charge in [-0.15, -0.1) is 0 Å². The van der Waals surface area contributed by atoms with Crippen LogP contribution in [0.4, 0.5) is 17.1 Å². The van der Waals surface area contributed by atoms with Crippen molar-refractivity contribution < 1.29 is 0 Å². The molecule has 0 spiro atoms. The lowest BCUT2D eigenvalue weighted by molar-refractivity contribution is 0.590. The summed E-state index contributed by atoms with van der Waals surface area (Å²) in [4.78, 5) is 2.35. The van der Waals surface area contributed by atoms with Gasteiger partial charge < -0.3 is 4.90 Å². The van der Waals surface area contributed by atoms with Crippen LogP contribution in [-0.4, -0.2) is 0 Å². The highest BCUT2D eigenvalue weighted by molar-refractivity contribution is 5.81. The third kappa shape index (κ3) is 7.26. The van der Waals surface area contributed by atoms with Crippen molar-refractivity contribution >= 4 is 17.1 Å². The maximum Gasteiger partial charge on any atom is 0.0462 e. The summed E-state index contributed by atoms with van der Waals surface area (Å²) in [7, 11) is 0. The van der Waals surface area contributed by atoms with Gasteiger partial charge in [-0.25, -0.2) is 0 Å². The molecule has 47 heavy (non-hydrogen) atoms. The molecule has 0 aromatic heterocycles. The number of rotatable bonds is 7. The maximum atomic E-state index is 2.35. The van der Waals surface area contributed by atoms with E-state index in [-0.39, 0.29) is 10.8 Å². The van der Waals surface area contributed by atoms with E-state index in [0.29, 0.717) is 0 Å². The van der Waals surface area contributed by atoms with Crippen LogP contribution in [0, 0.1) is 0 Å². The predicted molar refractivity (Wildman–Crippen MR) is 204 cm³/mol. The summed E-state index contributed by atoms with van der Waals surface area (Å²) < 4.78 is 0. The quantitative estimate of drug-likeness (QED) is 0.173. The van der Waals surface area contributed by atoms with Crippen LogP contribution in [0.2, 0.25) is 0 Å². The molecule has 0 bridgehead atoms. The molecular weight excluding hydrogens is 567 g/mol. The summed E-state index contributed by atoms with van der Waals surface area (Å²) in [6, 6.07) is 53.8. The van der Waals surface area contributed by atoms with Gasteiger partial charge in [0.15, 0.2) is 0 Å². The van der Waals surface area contributed by atoms with E-state index in [1.165, 1.54) is 50.1 Å². The number of hydrogen-bond acceptors (Lipinski definition) is 1. The Labute approximate surface area is 282 Å². The molecule has 0 heterocycles. The fourth-order valence-electron chi connectivity index (χ4n) is 6.11. The van der Waals surface area contributed by atoms with Gasteiger partial charge in [0.25, 0.3) is 0 Å². The molecule has 236 valence electrons. The van der Waals surface area contributed by atoms with Crippen molar-refractivity contribution in [1.82, 2.24) is 0 Å². The highest BCUT2D eigenvalue weighted by atomic mass is 15.1. The molecule has 1 nitrogen and oxygen atoms in total. The van der Waals surface area contributed by atoms with Crippen molar-refractivity contribution in [3.63, 3.8) is 0 Å². The first kappa shape index (κ1) is 32.1. The summed E-state index contributed by atoms with van der Waals surface area (Å²) >= 11 is 0. The van der Waals surface area contributed by atoms with Crippen molar-refractivity contribution in [2.45, 2.75) is 65.7 Å².